The fraction of sp³-hybridized carbons (Fsp3) is 0.280. The predicted molar refractivity (Wildman–Crippen MR) is 117 cm³/mol. The van der Waals surface area contributed by atoms with E-state index in [0.717, 1.165) is 22.6 Å². The van der Waals surface area contributed by atoms with Crippen LogP contribution in [0.15, 0.2) is 59.0 Å². The number of nitrogens with one attached hydrogen (secondary N) is 1. The molecule has 4 rings (SSSR count). The number of rotatable bonds is 5. The standard InChI is InChI=1S/C25H25FN2O3/c1-16(2)13-24(29)28-12-11-22-18(15-28)14-23(31-22)17-7-9-19(10-8-17)27-25(30)20-5-3-4-6-21(20)26/h3-10,14,16H,11-13,15H2,1-2H3,(H,27,30). The van der Waals surface area contributed by atoms with Crippen LogP contribution >= 0.6 is 0 Å². The molecule has 0 spiro atoms. The number of carbonyl (C=O) groups excluding carboxylic acids is 2. The maximum absolute atomic E-state index is 13.8. The number of hydrogen-bond donors (Lipinski definition) is 1. The minimum absolute atomic E-state index is 0.00172. The quantitative estimate of drug-likeness (QED) is 0.612. The van der Waals surface area contributed by atoms with Crippen molar-refractivity contribution in [2.45, 2.75) is 33.2 Å². The monoisotopic (exact) mass is 420 g/mol. The molecule has 0 saturated carbocycles. The highest BCUT2D eigenvalue weighted by atomic mass is 19.1. The Morgan fingerprint density at radius 1 is 1.13 bits per heavy atom. The van der Waals surface area contributed by atoms with E-state index in [-0.39, 0.29) is 11.5 Å². The van der Waals surface area contributed by atoms with Crippen molar-refractivity contribution < 1.29 is 18.4 Å². The first-order valence-corrected chi connectivity index (χ1v) is 10.5. The Bertz CT molecular complexity index is 1100. The maximum Gasteiger partial charge on any atom is 0.258 e. The van der Waals surface area contributed by atoms with E-state index < -0.39 is 11.7 Å². The molecule has 0 atom stereocenters. The van der Waals surface area contributed by atoms with E-state index in [4.69, 9.17) is 4.42 Å². The smallest absolute Gasteiger partial charge is 0.258 e. The lowest BCUT2D eigenvalue weighted by Crippen LogP contribution is -2.35. The van der Waals surface area contributed by atoms with Crippen LogP contribution in [-0.2, 0) is 17.8 Å². The summed E-state index contributed by atoms with van der Waals surface area (Å²) in [4.78, 5) is 26.5. The van der Waals surface area contributed by atoms with Gasteiger partial charge in [0.1, 0.15) is 17.3 Å². The van der Waals surface area contributed by atoms with Crippen LogP contribution in [0.3, 0.4) is 0 Å². The normalized spacial score (nSPS) is 13.2. The zero-order valence-corrected chi connectivity index (χ0v) is 17.7. The van der Waals surface area contributed by atoms with Crippen LogP contribution in [0, 0.1) is 11.7 Å². The number of hydrogen-bond acceptors (Lipinski definition) is 3. The van der Waals surface area contributed by atoms with Crippen LogP contribution in [0.25, 0.3) is 11.3 Å². The highest BCUT2D eigenvalue weighted by Crippen LogP contribution is 2.30. The van der Waals surface area contributed by atoms with Crippen molar-refractivity contribution in [2.24, 2.45) is 5.92 Å². The molecule has 3 aromatic rings. The fourth-order valence-corrected chi connectivity index (χ4v) is 3.73. The zero-order valence-electron chi connectivity index (χ0n) is 17.7. The average molecular weight is 420 g/mol. The molecule has 160 valence electrons. The van der Waals surface area contributed by atoms with Gasteiger partial charge in [0.05, 0.1) is 5.56 Å². The molecule has 2 amide bonds. The molecule has 5 nitrogen and oxygen atoms in total. The van der Waals surface area contributed by atoms with Gasteiger partial charge in [-0.3, -0.25) is 9.59 Å². The summed E-state index contributed by atoms with van der Waals surface area (Å²) < 4.78 is 19.8. The van der Waals surface area contributed by atoms with Gasteiger partial charge >= 0.3 is 0 Å². The Balaban J connectivity index is 1.45. The molecule has 31 heavy (non-hydrogen) atoms. The summed E-state index contributed by atoms with van der Waals surface area (Å²) in [5, 5.41) is 2.71. The van der Waals surface area contributed by atoms with Crippen molar-refractivity contribution in [3.05, 3.63) is 77.3 Å². The third-order valence-electron chi connectivity index (χ3n) is 5.35. The minimum atomic E-state index is -0.557. The first-order valence-electron chi connectivity index (χ1n) is 10.5. The lowest BCUT2D eigenvalue weighted by Gasteiger charge is -2.26. The minimum Gasteiger partial charge on any atom is -0.461 e. The summed E-state index contributed by atoms with van der Waals surface area (Å²) in [5.74, 6) is 1.12. The summed E-state index contributed by atoms with van der Waals surface area (Å²) in [7, 11) is 0. The second-order valence-electron chi connectivity index (χ2n) is 8.23. The van der Waals surface area contributed by atoms with Crippen molar-refractivity contribution in [1.29, 1.82) is 0 Å². The molecule has 6 heteroatoms. The number of halogens is 1. The fourth-order valence-electron chi connectivity index (χ4n) is 3.73. The Labute approximate surface area is 180 Å². The molecule has 0 aliphatic carbocycles. The van der Waals surface area contributed by atoms with Gasteiger partial charge < -0.3 is 14.6 Å². The summed E-state index contributed by atoms with van der Waals surface area (Å²) >= 11 is 0. The number of anilines is 1. The van der Waals surface area contributed by atoms with Gasteiger partial charge in [0.25, 0.3) is 5.91 Å². The number of furan rings is 1. The topological polar surface area (TPSA) is 62.6 Å². The first kappa shape index (κ1) is 20.8. The molecule has 1 aliphatic heterocycles. The van der Waals surface area contributed by atoms with Crippen LogP contribution in [0.1, 0.15) is 41.9 Å². The number of nitrogens with zero attached hydrogens (tertiary/aromatic N) is 1. The predicted octanol–water partition coefficient (Wildman–Crippen LogP) is 5.27. The van der Waals surface area contributed by atoms with Crippen molar-refractivity contribution in [2.75, 3.05) is 11.9 Å². The number of carbonyl (C=O) groups is 2. The molecule has 0 unspecified atom stereocenters. The van der Waals surface area contributed by atoms with Gasteiger partial charge in [0.15, 0.2) is 0 Å². The van der Waals surface area contributed by atoms with Gasteiger partial charge in [-0.2, -0.15) is 0 Å². The first-order chi connectivity index (χ1) is 14.9. The second kappa shape index (κ2) is 8.76. The van der Waals surface area contributed by atoms with Gasteiger partial charge in [0, 0.05) is 42.7 Å². The summed E-state index contributed by atoms with van der Waals surface area (Å²) in [5.41, 5.74) is 2.48. The zero-order chi connectivity index (χ0) is 22.0. The van der Waals surface area contributed by atoms with Crippen molar-refractivity contribution in [3.63, 3.8) is 0 Å². The van der Waals surface area contributed by atoms with Crippen LogP contribution in [0.2, 0.25) is 0 Å². The Morgan fingerprint density at radius 3 is 2.58 bits per heavy atom. The van der Waals surface area contributed by atoms with E-state index in [0.29, 0.717) is 37.5 Å². The molecule has 0 fully saturated rings. The summed E-state index contributed by atoms with van der Waals surface area (Å²) in [6.45, 7) is 5.34. The van der Waals surface area contributed by atoms with Crippen LogP contribution in [-0.4, -0.2) is 23.3 Å². The van der Waals surface area contributed by atoms with Crippen molar-refractivity contribution in [3.8, 4) is 11.3 Å². The molecule has 1 aromatic heterocycles. The molecular formula is C25H25FN2O3. The third kappa shape index (κ3) is 4.68. The van der Waals surface area contributed by atoms with E-state index in [1.54, 1.807) is 24.3 Å². The van der Waals surface area contributed by atoms with Crippen LogP contribution in [0.5, 0.6) is 0 Å². The Kier molecular flexibility index (Phi) is 5.89. The molecule has 0 bridgehead atoms. The van der Waals surface area contributed by atoms with Gasteiger partial charge in [-0.1, -0.05) is 26.0 Å². The van der Waals surface area contributed by atoms with Crippen molar-refractivity contribution >= 4 is 17.5 Å². The number of amides is 2. The molecule has 0 saturated heterocycles. The van der Waals surface area contributed by atoms with Crippen molar-refractivity contribution in [1.82, 2.24) is 4.90 Å². The Hall–Kier alpha value is -3.41. The highest BCUT2D eigenvalue weighted by Gasteiger charge is 2.24. The van der Waals surface area contributed by atoms with Gasteiger partial charge in [-0.15, -0.1) is 0 Å². The van der Waals surface area contributed by atoms with Crippen LogP contribution < -0.4 is 5.32 Å². The average Bonchev–Trinajstić information content (AvgIpc) is 3.17. The van der Waals surface area contributed by atoms with Gasteiger partial charge in [0.2, 0.25) is 5.91 Å². The molecule has 0 radical (unpaired) electrons. The Morgan fingerprint density at radius 2 is 1.87 bits per heavy atom. The maximum atomic E-state index is 13.8. The highest BCUT2D eigenvalue weighted by molar-refractivity contribution is 6.04. The summed E-state index contributed by atoms with van der Waals surface area (Å²) in [6.07, 6.45) is 1.26. The van der Waals surface area contributed by atoms with E-state index in [9.17, 15) is 14.0 Å². The van der Waals surface area contributed by atoms with E-state index >= 15 is 0 Å². The molecule has 2 heterocycles. The number of benzene rings is 2. The third-order valence-corrected chi connectivity index (χ3v) is 5.35. The van der Waals surface area contributed by atoms with Crippen LogP contribution in [0.4, 0.5) is 10.1 Å². The van der Waals surface area contributed by atoms with Gasteiger partial charge in [-0.25, -0.2) is 4.39 Å². The SMILES string of the molecule is CC(C)CC(=O)N1CCc2oc(-c3ccc(NC(=O)c4ccccc4F)cc3)cc2C1. The summed E-state index contributed by atoms with van der Waals surface area (Å²) in [6, 6.07) is 15.1. The van der Waals surface area contributed by atoms with E-state index in [2.05, 4.69) is 5.32 Å². The van der Waals surface area contributed by atoms with E-state index in [1.165, 1.54) is 12.1 Å². The molecule has 1 aliphatic rings. The lowest BCUT2D eigenvalue weighted by atomic mass is 10.0. The molecule has 1 N–H and O–H groups in total. The van der Waals surface area contributed by atoms with E-state index in [1.807, 2.05) is 36.9 Å². The second-order valence-corrected chi connectivity index (χ2v) is 8.23. The lowest BCUT2D eigenvalue weighted by molar-refractivity contribution is -0.132. The number of fused-ring (bicyclic) bond motifs is 1. The molecule has 2 aromatic carbocycles. The molecular weight excluding hydrogens is 395 g/mol. The largest absolute Gasteiger partial charge is 0.461 e. The van der Waals surface area contributed by atoms with Gasteiger partial charge in [-0.05, 0) is 48.4 Å².